The van der Waals surface area contributed by atoms with Crippen LogP contribution in [0.4, 0.5) is 0 Å². The van der Waals surface area contributed by atoms with Crippen LogP contribution in [0.1, 0.15) is 26.3 Å². The van der Waals surface area contributed by atoms with Gasteiger partial charge in [-0.15, -0.1) is 0 Å². The second-order valence-corrected chi connectivity index (χ2v) is 7.44. The average molecular weight is 497 g/mol. The van der Waals surface area contributed by atoms with Crippen molar-refractivity contribution in [3.8, 4) is 23.0 Å². The van der Waals surface area contributed by atoms with Gasteiger partial charge in [-0.1, -0.05) is 30.3 Å². The van der Waals surface area contributed by atoms with E-state index in [1.54, 1.807) is 24.3 Å². The number of ether oxygens (including phenoxy) is 7. The molecule has 0 unspecified atom stereocenters. The molecular weight excluding hydrogens is 468 g/mol. The number of hydrogen-bond donors (Lipinski definition) is 0. The Hall–Kier alpha value is -3.92. The molecule has 3 rings (SSSR count). The fourth-order valence-corrected chi connectivity index (χ4v) is 3.16. The summed E-state index contributed by atoms with van der Waals surface area (Å²) in [6, 6.07) is 19.1. The molecule has 0 aromatic heterocycles. The van der Waals surface area contributed by atoms with Crippen LogP contribution in [0, 0.1) is 0 Å². The third-order valence-corrected chi connectivity index (χ3v) is 4.81. The van der Waals surface area contributed by atoms with Crippen LogP contribution in [0.15, 0.2) is 66.7 Å². The molecule has 0 saturated heterocycles. The summed E-state index contributed by atoms with van der Waals surface area (Å²) in [5.74, 6) is -0.209. The lowest BCUT2D eigenvalue weighted by Crippen LogP contribution is -2.16. The fourth-order valence-electron chi connectivity index (χ4n) is 3.16. The minimum absolute atomic E-state index is 0.0230. The van der Waals surface area contributed by atoms with E-state index >= 15 is 0 Å². The lowest BCUT2D eigenvalue weighted by molar-refractivity contribution is 0.0447. The molecule has 3 aromatic rings. The van der Waals surface area contributed by atoms with Gasteiger partial charge in [0.1, 0.15) is 41.8 Å². The van der Waals surface area contributed by atoms with Crippen molar-refractivity contribution in [3.05, 3.63) is 83.4 Å². The van der Waals surface area contributed by atoms with E-state index < -0.39 is 11.8 Å². The highest BCUT2D eigenvalue weighted by atomic mass is 16.7. The van der Waals surface area contributed by atoms with E-state index in [9.17, 15) is 9.59 Å². The van der Waals surface area contributed by atoms with Crippen LogP contribution in [0.25, 0.3) is 0 Å². The molecule has 0 bridgehead atoms. The quantitative estimate of drug-likeness (QED) is 0.140. The van der Waals surface area contributed by atoms with Crippen molar-refractivity contribution >= 4 is 11.8 Å². The third kappa shape index (κ3) is 7.54. The normalized spacial score (nSPS) is 10.5. The zero-order valence-corrected chi connectivity index (χ0v) is 20.4. The Labute approximate surface area is 209 Å². The van der Waals surface area contributed by atoms with Gasteiger partial charge in [-0.25, -0.2) is 4.79 Å². The molecule has 9 heteroatoms. The van der Waals surface area contributed by atoms with Gasteiger partial charge < -0.3 is 33.2 Å². The number of carbonyl (C=O) groups excluding carboxylic acids is 2. The molecular formula is C27H28O9. The van der Waals surface area contributed by atoms with Crippen molar-refractivity contribution in [2.24, 2.45) is 0 Å². The zero-order valence-electron chi connectivity index (χ0n) is 20.4. The van der Waals surface area contributed by atoms with E-state index in [-0.39, 0.29) is 48.6 Å². The first kappa shape index (κ1) is 26.7. The number of ketones is 1. The first-order valence-corrected chi connectivity index (χ1v) is 11.0. The van der Waals surface area contributed by atoms with Crippen molar-refractivity contribution in [3.63, 3.8) is 0 Å². The van der Waals surface area contributed by atoms with Crippen molar-refractivity contribution in [2.45, 2.75) is 6.61 Å². The molecule has 0 aliphatic rings. The van der Waals surface area contributed by atoms with Crippen molar-refractivity contribution in [1.29, 1.82) is 0 Å². The Morgan fingerprint density at radius 2 is 1.36 bits per heavy atom. The third-order valence-electron chi connectivity index (χ3n) is 4.81. The van der Waals surface area contributed by atoms with Gasteiger partial charge >= 0.3 is 5.97 Å². The van der Waals surface area contributed by atoms with Gasteiger partial charge in [0.2, 0.25) is 0 Å². The molecule has 0 aliphatic heterocycles. The minimum Gasteiger partial charge on any atom is -0.489 e. The first-order valence-electron chi connectivity index (χ1n) is 11.0. The number of esters is 1. The topological polar surface area (TPSA) is 98.8 Å². The van der Waals surface area contributed by atoms with Gasteiger partial charge in [0, 0.05) is 33.5 Å². The maximum Gasteiger partial charge on any atom is 0.343 e. The number of Topliss-reactive ketones (excluding diaryl/α,β-unsaturated/α-hetero) is 1. The second-order valence-electron chi connectivity index (χ2n) is 7.44. The Morgan fingerprint density at radius 3 is 2.03 bits per heavy atom. The Morgan fingerprint density at radius 1 is 0.694 bits per heavy atom. The molecule has 0 saturated carbocycles. The van der Waals surface area contributed by atoms with Gasteiger partial charge in [-0.2, -0.15) is 0 Å². The Kier molecular flexibility index (Phi) is 10.3. The highest BCUT2D eigenvalue weighted by Gasteiger charge is 2.24. The van der Waals surface area contributed by atoms with Crippen LogP contribution in [0.2, 0.25) is 0 Å². The molecule has 0 atom stereocenters. The minimum atomic E-state index is -0.683. The number of carbonyl (C=O) groups is 2. The number of rotatable bonds is 14. The Balaban J connectivity index is 1.82. The number of benzene rings is 3. The molecule has 190 valence electrons. The van der Waals surface area contributed by atoms with Gasteiger partial charge in [0.25, 0.3) is 0 Å². The fraction of sp³-hybridized carbons (Fsp3) is 0.259. The molecule has 0 fully saturated rings. The van der Waals surface area contributed by atoms with E-state index in [1.165, 1.54) is 33.5 Å². The summed E-state index contributed by atoms with van der Waals surface area (Å²) in [7, 11) is 4.29. The van der Waals surface area contributed by atoms with E-state index in [2.05, 4.69) is 0 Å². The van der Waals surface area contributed by atoms with Gasteiger partial charge in [0.15, 0.2) is 19.4 Å². The summed E-state index contributed by atoms with van der Waals surface area (Å²) in [5.41, 5.74) is 1.31. The summed E-state index contributed by atoms with van der Waals surface area (Å²) < 4.78 is 37.3. The lowest BCUT2D eigenvalue weighted by atomic mass is 10.1. The molecule has 0 radical (unpaired) electrons. The Bertz CT molecular complexity index is 1130. The number of hydrogen-bond acceptors (Lipinski definition) is 9. The predicted molar refractivity (Wildman–Crippen MR) is 130 cm³/mol. The molecule has 0 spiro atoms. The lowest BCUT2D eigenvalue weighted by Gasteiger charge is -2.17. The van der Waals surface area contributed by atoms with Crippen LogP contribution in [0.5, 0.6) is 23.0 Å². The monoisotopic (exact) mass is 496 g/mol. The highest BCUT2D eigenvalue weighted by molar-refractivity contribution is 6.03. The highest BCUT2D eigenvalue weighted by Crippen LogP contribution is 2.35. The van der Waals surface area contributed by atoms with Gasteiger partial charge in [0.05, 0.1) is 5.56 Å². The van der Waals surface area contributed by atoms with Crippen LogP contribution in [0.3, 0.4) is 0 Å². The van der Waals surface area contributed by atoms with Gasteiger partial charge in [-0.05, 0) is 29.8 Å². The smallest absolute Gasteiger partial charge is 0.343 e. The summed E-state index contributed by atoms with van der Waals surface area (Å²) in [4.78, 5) is 25.8. The second kappa shape index (κ2) is 13.8. The SMILES string of the molecule is COCOc1cc(OCOC)c(C(=O)COC)c(OC(=O)c2ccc(OCc3ccccc3)cc2)c1. The number of methoxy groups -OCH3 is 3. The maximum absolute atomic E-state index is 13.0. The van der Waals surface area contributed by atoms with Crippen LogP contribution >= 0.6 is 0 Å². The zero-order chi connectivity index (χ0) is 25.8. The molecule has 0 heterocycles. The van der Waals surface area contributed by atoms with Crippen molar-refractivity contribution in [1.82, 2.24) is 0 Å². The van der Waals surface area contributed by atoms with Crippen LogP contribution in [-0.2, 0) is 20.8 Å². The summed E-state index contributed by atoms with van der Waals surface area (Å²) >= 11 is 0. The van der Waals surface area contributed by atoms with E-state index in [0.29, 0.717) is 12.4 Å². The summed E-state index contributed by atoms with van der Waals surface area (Å²) in [6.07, 6.45) is 0. The molecule has 3 aromatic carbocycles. The summed E-state index contributed by atoms with van der Waals surface area (Å²) in [6.45, 7) is -0.0561. The van der Waals surface area contributed by atoms with Crippen molar-refractivity contribution in [2.75, 3.05) is 41.5 Å². The van der Waals surface area contributed by atoms with Crippen LogP contribution < -0.4 is 18.9 Å². The van der Waals surface area contributed by atoms with Gasteiger partial charge in [-0.3, -0.25) is 4.79 Å². The average Bonchev–Trinajstić information content (AvgIpc) is 2.90. The molecule has 36 heavy (non-hydrogen) atoms. The van der Waals surface area contributed by atoms with E-state index in [1.807, 2.05) is 30.3 Å². The summed E-state index contributed by atoms with van der Waals surface area (Å²) in [5, 5.41) is 0. The standard InChI is InChI=1S/C27H28O9/c1-30-16-23(28)26-24(35-18-32-3)13-22(34-17-31-2)14-25(26)36-27(29)20-9-11-21(12-10-20)33-15-19-7-5-4-6-8-19/h4-14H,15-18H2,1-3H3. The maximum atomic E-state index is 13.0. The molecule has 0 amide bonds. The molecule has 0 N–H and O–H groups in total. The van der Waals surface area contributed by atoms with E-state index in [0.717, 1.165) is 5.56 Å². The van der Waals surface area contributed by atoms with Crippen LogP contribution in [-0.4, -0.2) is 53.3 Å². The molecule has 0 aliphatic carbocycles. The molecule has 9 nitrogen and oxygen atoms in total. The van der Waals surface area contributed by atoms with Crippen molar-refractivity contribution < 1.29 is 42.7 Å². The first-order chi connectivity index (χ1) is 17.5. The van der Waals surface area contributed by atoms with E-state index in [4.69, 9.17) is 33.2 Å². The predicted octanol–water partition coefficient (Wildman–Crippen LogP) is 4.28. The largest absolute Gasteiger partial charge is 0.489 e.